The van der Waals surface area contributed by atoms with Crippen LogP contribution in [0.4, 0.5) is 0 Å². The summed E-state index contributed by atoms with van der Waals surface area (Å²) < 4.78 is 4.69. The number of carbonyl (C=O) groups excluding carboxylic acids is 1. The highest BCUT2D eigenvalue weighted by molar-refractivity contribution is 5.89. The molecule has 0 aliphatic carbocycles. The first-order chi connectivity index (χ1) is 10.1. The standard InChI is InChI=1S/C18H21NO2/c1-13-5-4-6-17(11-13)14(2)19-12-15-7-9-16(10-8-15)18(20)21-3/h4-11,14,19H,12H2,1-3H3/t14-/m1/s1. The van der Waals surface area contributed by atoms with Gasteiger partial charge in [-0.1, -0.05) is 42.0 Å². The van der Waals surface area contributed by atoms with Crippen molar-refractivity contribution in [2.24, 2.45) is 0 Å². The van der Waals surface area contributed by atoms with Crippen molar-refractivity contribution in [1.82, 2.24) is 5.32 Å². The van der Waals surface area contributed by atoms with Crippen molar-refractivity contribution < 1.29 is 9.53 Å². The molecule has 1 atom stereocenters. The van der Waals surface area contributed by atoms with Gasteiger partial charge in [-0.2, -0.15) is 0 Å². The van der Waals surface area contributed by atoms with Crippen molar-refractivity contribution in [3.05, 3.63) is 70.8 Å². The maximum atomic E-state index is 11.4. The molecule has 1 N–H and O–H groups in total. The number of methoxy groups -OCH3 is 1. The molecule has 110 valence electrons. The maximum absolute atomic E-state index is 11.4. The quantitative estimate of drug-likeness (QED) is 0.852. The van der Waals surface area contributed by atoms with Gasteiger partial charge in [0.15, 0.2) is 0 Å². The van der Waals surface area contributed by atoms with Gasteiger partial charge in [-0.15, -0.1) is 0 Å². The smallest absolute Gasteiger partial charge is 0.337 e. The molecule has 3 nitrogen and oxygen atoms in total. The number of ether oxygens (including phenoxy) is 1. The lowest BCUT2D eigenvalue weighted by Crippen LogP contribution is -2.18. The van der Waals surface area contributed by atoms with Gasteiger partial charge in [-0.05, 0) is 37.1 Å². The van der Waals surface area contributed by atoms with Crippen LogP contribution in [0.25, 0.3) is 0 Å². The molecule has 21 heavy (non-hydrogen) atoms. The molecular formula is C18H21NO2. The summed E-state index contributed by atoms with van der Waals surface area (Å²) >= 11 is 0. The zero-order valence-electron chi connectivity index (χ0n) is 12.7. The fourth-order valence-corrected chi connectivity index (χ4v) is 2.20. The fourth-order valence-electron chi connectivity index (χ4n) is 2.20. The SMILES string of the molecule is COC(=O)c1ccc(CN[C@H](C)c2cccc(C)c2)cc1. The van der Waals surface area contributed by atoms with Crippen LogP contribution >= 0.6 is 0 Å². The lowest BCUT2D eigenvalue weighted by molar-refractivity contribution is 0.0600. The Morgan fingerprint density at radius 1 is 1.19 bits per heavy atom. The van der Waals surface area contributed by atoms with Crippen LogP contribution in [0.15, 0.2) is 48.5 Å². The van der Waals surface area contributed by atoms with E-state index in [0.717, 1.165) is 12.1 Å². The predicted molar refractivity (Wildman–Crippen MR) is 84.2 cm³/mol. The fraction of sp³-hybridized carbons (Fsp3) is 0.278. The normalized spacial score (nSPS) is 12.0. The summed E-state index contributed by atoms with van der Waals surface area (Å²) in [4.78, 5) is 11.4. The molecule has 0 amide bonds. The van der Waals surface area contributed by atoms with E-state index in [0.29, 0.717) is 5.56 Å². The van der Waals surface area contributed by atoms with Gasteiger partial charge in [-0.3, -0.25) is 0 Å². The van der Waals surface area contributed by atoms with E-state index in [-0.39, 0.29) is 12.0 Å². The number of carbonyl (C=O) groups is 1. The van der Waals surface area contributed by atoms with Gasteiger partial charge < -0.3 is 10.1 Å². The van der Waals surface area contributed by atoms with E-state index in [9.17, 15) is 4.79 Å². The zero-order valence-corrected chi connectivity index (χ0v) is 12.7. The molecule has 0 unspecified atom stereocenters. The Morgan fingerprint density at radius 3 is 2.52 bits per heavy atom. The Bertz CT molecular complexity index is 605. The van der Waals surface area contributed by atoms with E-state index in [1.807, 2.05) is 12.1 Å². The number of hydrogen-bond donors (Lipinski definition) is 1. The molecule has 0 heterocycles. The first kappa shape index (κ1) is 15.3. The van der Waals surface area contributed by atoms with Gasteiger partial charge in [0.1, 0.15) is 0 Å². The first-order valence-corrected chi connectivity index (χ1v) is 7.07. The van der Waals surface area contributed by atoms with E-state index in [4.69, 9.17) is 0 Å². The van der Waals surface area contributed by atoms with Crippen molar-refractivity contribution in [1.29, 1.82) is 0 Å². The van der Waals surface area contributed by atoms with Gasteiger partial charge in [0.25, 0.3) is 0 Å². The molecule has 3 heteroatoms. The van der Waals surface area contributed by atoms with E-state index >= 15 is 0 Å². The third-order valence-electron chi connectivity index (χ3n) is 3.53. The molecule has 0 radical (unpaired) electrons. The molecule has 2 rings (SSSR count). The average Bonchev–Trinajstić information content (AvgIpc) is 2.52. The van der Waals surface area contributed by atoms with Crippen molar-refractivity contribution >= 4 is 5.97 Å². The van der Waals surface area contributed by atoms with Crippen LogP contribution in [0.1, 0.15) is 40.0 Å². The van der Waals surface area contributed by atoms with Crippen molar-refractivity contribution in [2.45, 2.75) is 26.4 Å². The molecule has 0 saturated heterocycles. The summed E-state index contributed by atoms with van der Waals surface area (Å²) in [5, 5.41) is 3.49. The first-order valence-electron chi connectivity index (χ1n) is 7.07. The lowest BCUT2D eigenvalue weighted by Gasteiger charge is -2.15. The van der Waals surface area contributed by atoms with Crippen LogP contribution in [0.2, 0.25) is 0 Å². The summed E-state index contributed by atoms with van der Waals surface area (Å²) in [6.45, 7) is 5.01. The van der Waals surface area contributed by atoms with Crippen LogP contribution in [0.3, 0.4) is 0 Å². The van der Waals surface area contributed by atoms with E-state index in [1.165, 1.54) is 18.2 Å². The summed E-state index contributed by atoms with van der Waals surface area (Å²) in [6.07, 6.45) is 0. The molecule has 0 aliphatic rings. The molecule has 0 aromatic heterocycles. The predicted octanol–water partition coefficient (Wildman–Crippen LogP) is 3.63. The van der Waals surface area contributed by atoms with Crippen molar-refractivity contribution in [3.8, 4) is 0 Å². The second-order valence-corrected chi connectivity index (χ2v) is 5.21. The molecule has 0 aliphatic heterocycles. The Morgan fingerprint density at radius 2 is 1.90 bits per heavy atom. The minimum Gasteiger partial charge on any atom is -0.465 e. The van der Waals surface area contributed by atoms with Crippen LogP contribution in [0, 0.1) is 6.92 Å². The summed E-state index contributed by atoms with van der Waals surface area (Å²) in [6, 6.07) is 16.3. The van der Waals surface area contributed by atoms with Gasteiger partial charge in [0.2, 0.25) is 0 Å². The molecule has 0 fully saturated rings. The molecule has 2 aromatic rings. The van der Waals surface area contributed by atoms with E-state index in [1.54, 1.807) is 12.1 Å². The van der Waals surface area contributed by atoms with Gasteiger partial charge in [0.05, 0.1) is 12.7 Å². The largest absolute Gasteiger partial charge is 0.465 e. The third kappa shape index (κ3) is 4.17. The van der Waals surface area contributed by atoms with Crippen LogP contribution in [0.5, 0.6) is 0 Å². The third-order valence-corrected chi connectivity index (χ3v) is 3.53. The molecule has 0 spiro atoms. The minimum absolute atomic E-state index is 0.283. The zero-order chi connectivity index (χ0) is 15.2. The minimum atomic E-state index is -0.303. The molecule has 2 aromatic carbocycles. The number of benzene rings is 2. The summed E-state index contributed by atoms with van der Waals surface area (Å²) in [5.41, 5.74) is 4.26. The number of hydrogen-bond acceptors (Lipinski definition) is 3. The number of esters is 1. The second kappa shape index (κ2) is 7.04. The van der Waals surface area contributed by atoms with Crippen LogP contribution < -0.4 is 5.32 Å². The van der Waals surface area contributed by atoms with Crippen LogP contribution in [-0.4, -0.2) is 13.1 Å². The number of nitrogens with one attached hydrogen (secondary N) is 1. The maximum Gasteiger partial charge on any atom is 0.337 e. The Labute approximate surface area is 126 Å². The van der Waals surface area contributed by atoms with Crippen molar-refractivity contribution in [2.75, 3.05) is 7.11 Å². The van der Waals surface area contributed by atoms with Gasteiger partial charge >= 0.3 is 5.97 Å². The monoisotopic (exact) mass is 283 g/mol. The van der Waals surface area contributed by atoms with Gasteiger partial charge in [-0.25, -0.2) is 4.79 Å². The van der Waals surface area contributed by atoms with Crippen LogP contribution in [-0.2, 0) is 11.3 Å². The topological polar surface area (TPSA) is 38.3 Å². The van der Waals surface area contributed by atoms with E-state index in [2.05, 4.69) is 48.2 Å². The second-order valence-electron chi connectivity index (χ2n) is 5.21. The summed E-state index contributed by atoms with van der Waals surface area (Å²) in [7, 11) is 1.39. The molecular weight excluding hydrogens is 262 g/mol. The van der Waals surface area contributed by atoms with Gasteiger partial charge in [0, 0.05) is 12.6 Å². The highest BCUT2D eigenvalue weighted by atomic mass is 16.5. The average molecular weight is 283 g/mol. The highest BCUT2D eigenvalue weighted by Gasteiger charge is 2.07. The Kier molecular flexibility index (Phi) is 5.12. The Balaban J connectivity index is 1.95. The van der Waals surface area contributed by atoms with Crippen molar-refractivity contribution in [3.63, 3.8) is 0 Å². The molecule has 0 saturated carbocycles. The number of aryl methyl sites for hydroxylation is 1. The Hall–Kier alpha value is -2.13. The lowest BCUT2D eigenvalue weighted by atomic mass is 10.1. The summed E-state index contributed by atoms with van der Waals surface area (Å²) in [5.74, 6) is -0.303. The number of rotatable bonds is 5. The highest BCUT2D eigenvalue weighted by Crippen LogP contribution is 2.15. The molecule has 0 bridgehead atoms. The van der Waals surface area contributed by atoms with E-state index < -0.39 is 0 Å².